The first-order chi connectivity index (χ1) is 17.5. The molecule has 1 aliphatic rings. The fourth-order valence-corrected chi connectivity index (χ4v) is 4.21. The van der Waals surface area contributed by atoms with Crippen molar-refractivity contribution in [1.82, 2.24) is 35.1 Å². The van der Waals surface area contributed by atoms with Crippen LogP contribution in [-0.2, 0) is 6.54 Å². The van der Waals surface area contributed by atoms with E-state index in [-0.39, 0.29) is 0 Å². The minimum absolute atomic E-state index is 0.506. The predicted octanol–water partition coefficient (Wildman–Crippen LogP) is 4.31. The summed E-state index contributed by atoms with van der Waals surface area (Å²) in [5, 5.41) is 10.1. The zero-order chi connectivity index (χ0) is 24.9. The van der Waals surface area contributed by atoms with Crippen molar-refractivity contribution < 1.29 is 0 Å². The number of rotatable bonds is 7. The van der Waals surface area contributed by atoms with Crippen LogP contribution in [-0.4, -0.2) is 55.0 Å². The van der Waals surface area contributed by atoms with Gasteiger partial charge >= 0.3 is 0 Å². The number of hydrogen-bond acceptors (Lipinski definition) is 9. The molecule has 1 aromatic carbocycles. The Morgan fingerprint density at radius 3 is 2.47 bits per heavy atom. The van der Waals surface area contributed by atoms with Gasteiger partial charge in [-0.1, -0.05) is 18.2 Å². The molecule has 1 saturated heterocycles. The third-order valence-corrected chi connectivity index (χ3v) is 6.17. The van der Waals surface area contributed by atoms with Crippen LogP contribution in [0.2, 0.25) is 0 Å². The monoisotopic (exact) mass is 481 g/mol. The zero-order valence-electron chi connectivity index (χ0n) is 20.8. The summed E-state index contributed by atoms with van der Waals surface area (Å²) in [5.41, 5.74) is 3.88. The first-order valence-electron chi connectivity index (χ1n) is 12.2. The van der Waals surface area contributed by atoms with Crippen molar-refractivity contribution in [2.24, 2.45) is 0 Å². The average molecular weight is 482 g/mol. The van der Waals surface area contributed by atoms with Gasteiger partial charge in [-0.25, -0.2) is 19.9 Å². The van der Waals surface area contributed by atoms with E-state index in [0.717, 1.165) is 36.7 Å². The molecule has 0 saturated carbocycles. The van der Waals surface area contributed by atoms with Crippen molar-refractivity contribution in [3.8, 4) is 11.5 Å². The Bertz CT molecular complexity index is 1310. The highest BCUT2D eigenvalue weighted by Crippen LogP contribution is 2.20. The van der Waals surface area contributed by atoms with E-state index in [4.69, 9.17) is 0 Å². The topological polar surface area (TPSA) is 104 Å². The number of aromatic nitrogens is 5. The second-order valence-corrected chi connectivity index (χ2v) is 9.23. The van der Waals surface area contributed by atoms with Gasteiger partial charge in [-0.3, -0.25) is 4.90 Å². The zero-order valence-corrected chi connectivity index (χ0v) is 20.8. The molecule has 0 spiro atoms. The Balaban J connectivity index is 1.23. The van der Waals surface area contributed by atoms with Crippen LogP contribution in [0.5, 0.6) is 0 Å². The summed E-state index contributed by atoms with van der Waals surface area (Å²) in [4.78, 5) is 24.9. The SMILES string of the molecule is Cc1cccc(-c2nccc(Nc3ccnc(Nc4ccc(CN5C[C@@H](C)NC[C@@H]5C)cc4)n3)n2)n1. The number of nitrogens with zero attached hydrogens (tertiary/aromatic N) is 6. The lowest BCUT2D eigenvalue weighted by Gasteiger charge is -2.37. The van der Waals surface area contributed by atoms with E-state index in [9.17, 15) is 0 Å². The lowest BCUT2D eigenvalue weighted by Crippen LogP contribution is -2.53. The van der Waals surface area contributed by atoms with E-state index in [1.807, 2.05) is 25.1 Å². The summed E-state index contributed by atoms with van der Waals surface area (Å²) in [6.45, 7) is 9.49. The van der Waals surface area contributed by atoms with E-state index < -0.39 is 0 Å². The molecule has 0 unspecified atom stereocenters. The maximum absolute atomic E-state index is 4.59. The highest BCUT2D eigenvalue weighted by molar-refractivity contribution is 5.59. The van der Waals surface area contributed by atoms with E-state index in [2.05, 4.69) is 83.9 Å². The quantitative estimate of drug-likeness (QED) is 0.356. The van der Waals surface area contributed by atoms with Crippen LogP contribution >= 0.6 is 0 Å². The van der Waals surface area contributed by atoms with E-state index in [0.29, 0.717) is 35.5 Å². The van der Waals surface area contributed by atoms with Crippen LogP contribution in [0, 0.1) is 6.92 Å². The molecule has 0 bridgehead atoms. The number of benzene rings is 1. The van der Waals surface area contributed by atoms with Crippen molar-refractivity contribution in [2.45, 2.75) is 39.4 Å². The van der Waals surface area contributed by atoms with Crippen LogP contribution in [0.1, 0.15) is 25.1 Å². The Morgan fingerprint density at radius 2 is 1.67 bits per heavy atom. The normalized spacial score (nSPS) is 18.1. The van der Waals surface area contributed by atoms with Gasteiger partial charge < -0.3 is 16.0 Å². The Labute approximate surface area is 211 Å². The lowest BCUT2D eigenvalue weighted by atomic mass is 10.1. The Hall–Kier alpha value is -3.95. The van der Waals surface area contributed by atoms with Gasteiger partial charge in [-0.15, -0.1) is 0 Å². The van der Waals surface area contributed by atoms with Crippen LogP contribution in [0.3, 0.4) is 0 Å². The van der Waals surface area contributed by atoms with Crippen LogP contribution in [0.4, 0.5) is 23.3 Å². The number of nitrogens with one attached hydrogen (secondary N) is 3. The fourth-order valence-electron chi connectivity index (χ4n) is 4.21. The van der Waals surface area contributed by atoms with Crippen molar-refractivity contribution in [1.29, 1.82) is 0 Å². The largest absolute Gasteiger partial charge is 0.325 e. The molecule has 3 aromatic heterocycles. The number of hydrogen-bond donors (Lipinski definition) is 3. The van der Waals surface area contributed by atoms with Crippen LogP contribution in [0.25, 0.3) is 11.5 Å². The highest BCUT2D eigenvalue weighted by atomic mass is 15.2. The third kappa shape index (κ3) is 5.99. The average Bonchev–Trinajstić information content (AvgIpc) is 2.88. The third-order valence-electron chi connectivity index (χ3n) is 6.17. The predicted molar refractivity (Wildman–Crippen MR) is 142 cm³/mol. The second-order valence-electron chi connectivity index (χ2n) is 9.23. The molecular weight excluding hydrogens is 450 g/mol. The molecule has 0 aliphatic carbocycles. The summed E-state index contributed by atoms with van der Waals surface area (Å²) in [6.07, 6.45) is 3.42. The number of anilines is 4. The first-order valence-corrected chi connectivity index (χ1v) is 12.2. The summed E-state index contributed by atoms with van der Waals surface area (Å²) < 4.78 is 0. The van der Waals surface area contributed by atoms with Crippen LogP contribution < -0.4 is 16.0 Å². The maximum Gasteiger partial charge on any atom is 0.229 e. The summed E-state index contributed by atoms with van der Waals surface area (Å²) in [5.74, 6) is 2.33. The van der Waals surface area contributed by atoms with E-state index in [1.165, 1.54) is 5.56 Å². The van der Waals surface area contributed by atoms with Gasteiger partial charge in [0, 0.05) is 55.5 Å². The minimum atomic E-state index is 0.506. The minimum Gasteiger partial charge on any atom is -0.325 e. The summed E-state index contributed by atoms with van der Waals surface area (Å²) in [6, 6.07) is 18.9. The second kappa shape index (κ2) is 10.8. The van der Waals surface area contributed by atoms with Gasteiger partial charge in [0.15, 0.2) is 5.82 Å². The molecule has 3 N–H and O–H groups in total. The molecule has 9 heteroatoms. The lowest BCUT2D eigenvalue weighted by molar-refractivity contribution is 0.139. The maximum atomic E-state index is 4.59. The summed E-state index contributed by atoms with van der Waals surface area (Å²) >= 11 is 0. The molecule has 184 valence electrons. The van der Waals surface area contributed by atoms with Gasteiger partial charge in [-0.05, 0) is 62.7 Å². The Morgan fingerprint density at radius 1 is 0.889 bits per heavy atom. The molecule has 5 rings (SSSR count). The highest BCUT2D eigenvalue weighted by Gasteiger charge is 2.22. The number of aryl methyl sites for hydroxylation is 1. The first kappa shape index (κ1) is 23.8. The van der Waals surface area contributed by atoms with Crippen molar-refractivity contribution in [3.05, 3.63) is 78.2 Å². The molecule has 0 amide bonds. The molecule has 0 radical (unpaired) electrons. The van der Waals surface area contributed by atoms with Gasteiger partial charge in [0.2, 0.25) is 5.95 Å². The molecular formula is C27H31N9. The molecule has 1 fully saturated rings. The number of piperazine rings is 1. The van der Waals surface area contributed by atoms with E-state index >= 15 is 0 Å². The van der Waals surface area contributed by atoms with Gasteiger partial charge in [0.1, 0.15) is 17.3 Å². The molecule has 2 atom stereocenters. The van der Waals surface area contributed by atoms with E-state index in [1.54, 1.807) is 24.5 Å². The molecule has 36 heavy (non-hydrogen) atoms. The van der Waals surface area contributed by atoms with Crippen molar-refractivity contribution >= 4 is 23.3 Å². The Kier molecular flexibility index (Phi) is 7.11. The summed E-state index contributed by atoms with van der Waals surface area (Å²) in [7, 11) is 0. The molecule has 9 nitrogen and oxygen atoms in total. The van der Waals surface area contributed by atoms with Crippen molar-refractivity contribution in [3.63, 3.8) is 0 Å². The molecule has 4 aromatic rings. The standard InChI is InChI=1S/C27H31N9/c1-18-5-4-6-23(31-18)26-28-13-11-24(34-26)33-25-12-14-29-27(35-25)32-22-9-7-21(8-10-22)17-36-16-19(2)30-15-20(36)3/h4-14,19-20,30H,15-17H2,1-3H3,(H2,28,29,32,33,34,35)/t19-,20+/m1/s1. The smallest absolute Gasteiger partial charge is 0.229 e. The van der Waals surface area contributed by atoms with Gasteiger partial charge in [-0.2, -0.15) is 4.98 Å². The number of pyridine rings is 1. The van der Waals surface area contributed by atoms with Gasteiger partial charge in [0.05, 0.1) is 0 Å². The molecule has 4 heterocycles. The van der Waals surface area contributed by atoms with Gasteiger partial charge in [0.25, 0.3) is 0 Å². The fraction of sp³-hybridized carbons (Fsp3) is 0.296. The molecule has 1 aliphatic heterocycles. The van der Waals surface area contributed by atoms with Crippen LogP contribution in [0.15, 0.2) is 67.0 Å². The van der Waals surface area contributed by atoms with Crippen molar-refractivity contribution in [2.75, 3.05) is 23.7 Å².